The van der Waals surface area contributed by atoms with Gasteiger partial charge in [0.15, 0.2) is 5.82 Å². The number of carbonyl (C=O) groups is 1. The smallest absolute Gasteiger partial charge is 0.293 e. The maximum Gasteiger partial charge on any atom is 0.293 e. The Morgan fingerprint density at radius 3 is 2.52 bits per heavy atom. The molecule has 3 aromatic rings. The third kappa shape index (κ3) is 4.40. The van der Waals surface area contributed by atoms with Crippen molar-refractivity contribution in [2.24, 2.45) is 5.92 Å². The maximum absolute atomic E-state index is 13.0. The lowest BCUT2D eigenvalue weighted by atomic mass is 9.96. The molecule has 0 bridgehead atoms. The van der Waals surface area contributed by atoms with E-state index in [0.717, 1.165) is 22.3 Å². The molecule has 1 saturated heterocycles. The summed E-state index contributed by atoms with van der Waals surface area (Å²) < 4.78 is 6.93. The maximum atomic E-state index is 13.0. The highest BCUT2D eigenvalue weighted by atomic mass is 16.5. The van der Waals surface area contributed by atoms with Crippen LogP contribution in [0.25, 0.3) is 11.0 Å². The summed E-state index contributed by atoms with van der Waals surface area (Å²) >= 11 is 0. The summed E-state index contributed by atoms with van der Waals surface area (Å²) in [7, 11) is 1.63. The van der Waals surface area contributed by atoms with Crippen LogP contribution in [0.2, 0.25) is 0 Å². The number of para-hydroxylation sites is 2. The first-order valence-corrected chi connectivity index (χ1v) is 10.8. The molecule has 0 atom stereocenters. The van der Waals surface area contributed by atoms with E-state index in [1.54, 1.807) is 11.7 Å². The number of nitrogens with one attached hydrogen (secondary N) is 1. The quantitative estimate of drug-likeness (QED) is 0.664. The van der Waals surface area contributed by atoms with Crippen molar-refractivity contribution in [3.8, 4) is 5.75 Å². The van der Waals surface area contributed by atoms with Gasteiger partial charge in [-0.25, -0.2) is 4.98 Å². The van der Waals surface area contributed by atoms with E-state index in [4.69, 9.17) is 4.74 Å². The number of benzene rings is 2. The van der Waals surface area contributed by atoms with Gasteiger partial charge in [0.25, 0.3) is 5.56 Å². The number of carbonyl (C=O) groups excluding carboxylic acids is 1. The molecule has 0 saturated carbocycles. The van der Waals surface area contributed by atoms with E-state index >= 15 is 0 Å². The summed E-state index contributed by atoms with van der Waals surface area (Å²) in [5.41, 5.74) is 2.64. The number of hydrogen-bond donors (Lipinski definition) is 1. The summed E-state index contributed by atoms with van der Waals surface area (Å²) in [6, 6.07) is 15.4. The van der Waals surface area contributed by atoms with Crippen molar-refractivity contribution in [1.29, 1.82) is 0 Å². The SMILES string of the molecule is CCn1c(=O)c(N2CCC(C(=O)NCc3ccc(OC)cc3)CC2)nc2ccccc21. The van der Waals surface area contributed by atoms with Crippen LogP contribution in [0.3, 0.4) is 0 Å². The highest BCUT2D eigenvalue weighted by Crippen LogP contribution is 2.22. The monoisotopic (exact) mass is 420 g/mol. The van der Waals surface area contributed by atoms with Crippen LogP contribution in [0.15, 0.2) is 53.3 Å². The largest absolute Gasteiger partial charge is 0.497 e. The molecule has 0 unspecified atom stereocenters. The number of fused-ring (bicyclic) bond motifs is 1. The van der Waals surface area contributed by atoms with Crippen molar-refractivity contribution >= 4 is 22.8 Å². The van der Waals surface area contributed by atoms with Crippen LogP contribution in [0.1, 0.15) is 25.3 Å². The minimum Gasteiger partial charge on any atom is -0.497 e. The number of ether oxygens (including phenoxy) is 1. The molecule has 4 rings (SSSR count). The Balaban J connectivity index is 1.39. The molecule has 1 aliphatic rings. The topological polar surface area (TPSA) is 76.5 Å². The standard InChI is InChI=1S/C24H28N4O3/c1-3-28-21-7-5-4-6-20(21)26-22(24(28)30)27-14-12-18(13-15-27)23(29)25-16-17-8-10-19(31-2)11-9-17/h4-11,18H,3,12-16H2,1-2H3,(H,25,29). The first-order chi connectivity index (χ1) is 15.1. The summed E-state index contributed by atoms with van der Waals surface area (Å²) in [6.45, 7) is 4.35. The van der Waals surface area contributed by atoms with Crippen molar-refractivity contribution in [3.05, 3.63) is 64.4 Å². The Morgan fingerprint density at radius 1 is 1.13 bits per heavy atom. The molecule has 1 amide bonds. The van der Waals surface area contributed by atoms with Gasteiger partial charge in [0.2, 0.25) is 5.91 Å². The van der Waals surface area contributed by atoms with Crippen LogP contribution in [0, 0.1) is 5.92 Å². The number of nitrogens with zero attached hydrogens (tertiary/aromatic N) is 3. The Bertz CT molecular complexity index is 1120. The van der Waals surface area contributed by atoms with Gasteiger partial charge in [0, 0.05) is 32.1 Å². The van der Waals surface area contributed by atoms with Gasteiger partial charge in [0.05, 0.1) is 18.1 Å². The molecule has 162 valence electrons. The lowest BCUT2D eigenvalue weighted by Crippen LogP contribution is -2.43. The van der Waals surface area contributed by atoms with Gasteiger partial charge in [-0.1, -0.05) is 24.3 Å². The average molecular weight is 421 g/mol. The first kappa shape index (κ1) is 20.9. The lowest BCUT2D eigenvalue weighted by Gasteiger charge is -2.32. The normalized spacial score (nSPS) is 14.6. The van der Waals surface area contributed by atoms with Crippen molar-refractivity contribution in [2.75, 3.05) is 25.1 Å². The fourth-order valence-corrected chi connectivity index (χ4v) is 4.13. The van der Waals surface area contributed by atoms with E-state index in [2.05, 4.69) is 10.3 Å². The number of anilines is 1. The van der Waals surface area contributed by atoms with Crippen LogP contribution >= 0.6 is 0 Å². The Hall–Kier alpha value is -3.35. The minimum atomic E-state index is -0.0661. The van der Waals surface area contributed by atoms with E-state index < -0.39 is 0 Å². The van der Waals surface area contributed by atoms with Crippen molar-refractivity contribution in [3.63, 3.8) is 0 Å². The predicted molar refractivity (Wildman–Crippen MR) is 121 cm³/mol. The lowest BCUT2D eigenvalue weighted by molar-refractivity contribution is -0.125. The molecular formula is C24H28N4O3. The summed E-state index contributed by atoms with van der Waals surface area (Å²) in [4.78, 5) is 32.3. The van der Waals surface area contributed by atoms with Gasteiger partial charge < -0.3 is 19.5 Å². The van der Waals surface area contributed by atoms with Crippen molar-refractivity contribution in [2.45, 2.75) is 32.9 Å². The number of aromatic nitrogens is 2. The van der Waals surface area contributed by atoms with Gasteiger partial charge in [-0.2, -0.15) is 0 Å². The number of methoxy groups -OCH3 is 1. The predicted octanol–water partition coefficient (Wildman–Crippen LogP) is 2.96. The molecule has 1 aromatic heterocycles. The first-order valence-electron chi connectivity index (χ1n) is 10.8. The van der Waals surface area contributed by atoms with Crippen LogP contribution in [-0.2, 0) is 17.9 Å². The van der Waals surface area contributed by atoms with Crippen LogP contribution < -0.4 is 20.5 Å². The van der Waals surface area contributed by atoms with Gasteiger partial charge in [-0.15, -0.1) is 0 Å². The zero-order valence-electron chi connectivity index (χ0n) is 18.0. The van der Waals surface area contributed by atoms with Gasteiger partial charge in [-0.3, -0.25) is 9.59 Å². The van der Waals surface area contributed by atoms with E-state index in [9.17, 15) is 9.59 Å². The van der Waals surface area contributed by atoms with Gasteiger partial charge >= 0.3 is 0 Å². The molecule has 2 aromatic carbocycles. The molecule has 2 heterocycles. The number of aryl methyl sites for hydroxylation is 1. The zero-order valence-corrected chi connectivity index (χ0v) is 18.0. The van der Waals surface area contributed by atoms with Gasteiger partial charge in [0.1, 0.15) is 5.75 Å². The van der Waals surface area contributed by atoms with Crippen molar-refractivity contribution < 1.29 is 9.53 Å². The zero-order chi connectivity index (χ0) is 21.8. The van der Waals surface area contributed by atoms with Crippen LogP contribution in [-0.4, -0.2) is 35.7 Å². The van der Waals surface area contributed by atoms with E-state index in [0.29, 0.717) is 44.8 Å². The summed E-state index contributed by atoms with van der Waals surface area (Å²) in [5, 5.41) is 3.03. The number of hydrogen-bond acceptors (Lipinski definition) is 5. The fraction of sp³-hybridized carbons (Fsp3) is 0.375. The van der Waals surface area contributed by atoms with E-state index in [1.807, 2.05) is 60.4 Å². The molecule has 1 aliphatic heterocycles. The molecule has 1 N–H and O–H groups in total. The number of amides is 1. The number of piperidine rings is 1. The second-order valence-corrected chi connectivity index (χ2v) is 7.80. The molecule has 0 aliphatic carbocycles. The van der Waals surface area contributed by atoms with Crippen molar-refractivity contribution in [1.82, 2.24) is 14.9 Å². The molecular weight excluding hydrogens is 392 g/mol. The Morgan fingerprint density at radius 2 is 1.84 bits per heavy atom. The molecule has 7 heteroatoms. The van der Waals surface area contributed by atoms with E-state index in [1.165, 1.54) is 0 Å². The molecule has 0 spiro atoms. The minimum absolute atomic E-state index is 0.0524. The molecule has 1 fully saturated rings. The van der Waals surface area contributed by atoms with Gasteiger partial charge in [-0.05, 0) is 49.6 Å². The summed E-state index contributed by atoms with van der Waals surface area (Å²) in [6.07, 6.45) is 1.41. The average Bonchev–Trinajstić information content (AvgIpc) is 2.82. The second kappa shape index (κ2) is 9.20. The van der Waals surface area contributed by atoms with Crippen LogP contribution in [0.4, 0.5) is 5.82 Å². The summed E-state index contributed by atoms with van der Waals surface area (Å²) in [5.74, 6) is 1.29. The van der Waals surface area contributed by atoms with Crippen LogP contribution in [0.5, 0.6) is 5.75 Å². The highest BCUT2D eigenvalue weighted by Gasteiger charge is 2.27. The highest BCUT2D eigenvalue weighted by molar-refractivity contribution is 5.79. The Labute approximate surface area is 181 Å². The number of rotatable bonds is 6. The molecule has 7 nitrogen and oxygen atoms in total. The second-order valence-electron chi connectivity index (χ2n) is 7.80. The molecule has 31 heavy (non-hydrogen) atoms. The fourth-order valence-electron chi connectivity index (χ4n) is 4.13. The third-order valence-electron chi connectivity index (χ3n) is 5.94. The van der Waals surface area contributed by atoms with E-state index in [-0.39, 0.29) is 17.4 Å². The molecule has 0 radical (unpaired) electrons. The Kier molecular flexibility index (Phi) is 6.21. The third-order valence-corrected chi connectivity index (χ3v) is 5.94.